The van der Waals surface area contributed by atoms with Gasteiger partial charge in [-0.1, -0.05) is 12.1 Å². The van der Waals surface area contributed by atoms with Gasteiger partial charge in [-0.2, -0.15) is 8.78 Å². The van der Waals surface area contributed by atoms with Crippen molar-refractivity contribution in [3.8, 4) is 16.9 Å². The highest BCUT2D eigenvalue weighted by Gasteiger charge is 2.42. The van der Waals surface area contributed by atoms with E-state index in [9.17, 15) is 18.1 Å². The van der Waals surface area contributed by atoms with E-state index in [1.54, 1.807) is 38.4 Å². The predicted molar refractivity (Wildman–Crippen MR) is 126 cm³/mol. The van der Waals surface area contributed by atoms with Crippen LogP contribution in [0.5, 0.6) is 5.75 Å². The van der Waals surface area contributed by atoms with Crippen LogP contribution in [0.15, 0.2) is 53.7 Å². The molecule has 0 aliphatic carbocycles. The van der Waals surface area contributed by atoms with Gasteiger partial charge < -0.3 is 14.4 Å². The van der Waals surface area contributed by atoms with Gasteiger partial charge >= 0.3 is 6.61 Å². The van der Waals surface area contributed by atoms with Crippen molar-refractivity contribution in [2.75, 3.05) is 5.75 Å². The molecule has 0 saturated heterocycles. The standard InChI is InChI=1S/C25H22F2N4O3S/c1-25(2,32)23-28-10-15(11-29-23)13-6-7-16-17(8-13)31-18-9-14(22(31)30-16)12-35(33)20-5-3-4-19(21(18)20)34-24(26)27/h3-8,10-11,14,18,24,32H,9,12H2,1-2H3/t14-,18+,35?/m0/s1. The molecule has 10 heteroatoms. The summed E-state index contributed by atoms with van der Waals surface area (Å²) in [5, 5.41) is 10.1. The van der Waals surface area contributed by atoms with Crippen LogP contribution in [0.1, 0.15) is 49.4 Å². The Bertz CT molecular complexity index is 1480. The second-order valence-electron chi connectivity index (χ2n) is 9.40. The number of fused-ring (bicyclic) bond motifs is 9. The van der Waals surface area contributed by atoms with Gasteiger partial charge in [0.2, 0.25) is 0 Å². The van der Waals surface area contributed by atoms with E-state index in [0.29, 0.717) is 28.5 Å². The fourth-order valence-electron chi connectivity index (χ4n) is 5.09. The number of hydrogen-bond donors (Lipinski definition) is 1. The van der Waals surface area contributed by atoms with E-state index in [4.69, 9.17) is 9.72 Å². The van der Waals surface area contributed by atoms with Crippen LogP contribution >= 0.6 is 0 Å². The normalized spacial score (nSPS) is 21.1. The first kappa shape index (κ1) is 22.2. The lowest BCUT2D eigenvalue weighted by Gasteiger charge is -2.21. The molecule has 2 aliphatic heterocycles. The lowest BCUT2D eigenvalue weighted by molar-refractivity contribution is -0.0508. The average Bonchev–Trinajstić information content (AvgIpc) is 3.30. The molecule has 0 saturated carbocycles. The van der Waals surface area contributed by atoms with Crippen LogP contribution in [-0.2, 0) is 16.4 Å². The summed E-state index contributed by atoms with van der Waals surface area (Å²) in [6.45, 7) is 0.273. The maximum atomic E-state index is 13.2. The molecule has 0 spiro atoms. The molecule has 0 amide bonds. The molecule has 0 fully saturated rings. The van der Waals surface area contributed by atoms with E-state index in [0.717, 1.165) is 28.0 Å². The molecule has 0 radical (unpaired) electrons. The number of imidazole rings is 1. The number of halogens is 2. The van der Waals surface area contributed by atoms with Crippen LogP contribution in [0.4, 0.5) is 8.78 Å². The zero-order chi connectivity index (χ0) is 24.5. The molecule has 2 aromatic carbocycles. The SMILES string of the molecule is CC(C)(O)c1ncc(-c2ccc3nc4n(c3c2)[C@@H]2C[C@H]4CS(=O)c3cccc(OC(F)F)c32)cn1. The van der Waals surface area contributed by atoms with Crippen LogP contribution < -0.4 is 4.74 Å². The van der Waals surface area contributed by atoms with Crippen LogP contribution in [0.3, 0.4) is 0 Å². The quantitative estimate of drug-likeness (QED) is 0.447. The molecule has 4 aromatic rings. The molecule has 4 heterocycles. The smallest absolute Gasteiger partial charge is 0.387 e. The summed E-state index contributed by atoms with van der Waals surface area (Å²) in [4.78, 5) is 14.0. The van der Waals surface area contributed by atoms with Crippen molar-refractivity contribution in [2.24, 2.45) is 0 Å². The van der Waals surface area contributed by atoms with Crippen molar-refractivity contribution in [3.63, 3.8) is 0 Å². The lowest BCUT2D eigenvalue weighted by atomic mass is 9.98. The molecule has 6 rings (SSSR count). The molecule has 1 unspecified atom stereocenters. The summed E-state index contributed by atoms with van der Waals surface area (Å²) in [7, 11) is -1.35. The van der Waals surface area contributed by atoms with E-state index >= 15 is 0 Å². The van der Waals surface area contributed by atoms with E-state index in [-0.39, 0.29) is 17.7 Å². The Hall–Kier alpha value is -3.24. The Morgan fingerprint density at radius 3 is 2.66 bits per heavy atom. The van der Waals surface area contributed by atoms with Crippen molar-refractivity contribution < 1.29 is 22.8 Å². The number of aromatic nitrogens is 4. The molecule has 2 aliphatic rings. The third-order valence-corrected chi connectivity index (χ3v) is 8.16. The number of alkyl halides is 2. The number of aliphatic hydroxyl groups is 1. The summed E-state index contributed by atoms with van der Waals surface area (Å²) >= 11 is 0. The van der Waals surface area contributed by atoms with Crippen molar-refractivity contribution in [3.05, 3.63) is 66.0 Å². The summed E-state index contributed by atoms with van der Waals surface area (Å²) in [6, 6.07) is 10.3. The predicted octanol–water partition coefficient (Wildman–Crippen LogP) is 4.52. The lowest BCUT2D eigenvalue weighted by Crippen LogP contribution is -2.19. The minimum atomic E-state index is -2.98. The second kappa shape index (κ2) is 7.89. The Labute approximate surface area is 202 Å². The van der Waals surface area contributed by atoms with E-state index < -0.39 is 23.0 Å². The number of benzene rings is 2. The fourth-order valence-corrected chi connectivity index (χ4v) is 6.63. The Balaban J connectivity index is 1.50. The van der Waals surface area contributed by atoms with Crippen LogP contribution in [0.25, 0.3) is 22.2 Å². The van der Waals surface area contributed by atoms with Gasteiger partial charge in [-0.25, -0.2) is 15.0 Å². The molecule has 180 valence electrons. The van der Waals surface area contributed by atoms with Crippen molar-refractivity contribution in [1.29, 1.82) is 0 Å². The highest BCUT2D eigenvalue weighted by Crippen LogP contribution is 2.50. The van der Waals surface area contributed by atoms with Gasteiger partial charge in [-0.05, 0) is 50.1 Å². The number of ether oxygens (including phenoxy) is 1. The van der Waals surface area contributed by atoms with Gasteiger partial charge in [0, 0.05) is 40.1 Å². The minimum Gasteiger partial charge on any atom is -0.434 e. The molecule has 1 N–H and O–H groups in total. The highest BCUT2D eigenvalue weighted by atomic mass is 32.2. The Morgan fingerprint density at radius 1 is 1.17 bits per heavy atom. The number of rotatable bonds is 4. The highest BCUT2D eigenvalue weighted by molar-refractivity contribution is 7.85. The molecule has 7 nitrogen and oxygen atoms in total. The van der Waals surface area contributed by atoms with Gasteiger partial charge in [0.05, 0.1) is 27.9 Å². The first-order valence-corrected chi connectivity index (χ1v) is 12.6. The fraction of sp³-hybridized carbons (Fsp3) is 0.320. The van der Waals surface area contributed by atoms with Crippen molar-refractivity contribution >= 4 is 21.8 Å². The van der Waals surface area contributed by atoms with Gasteiger partial charge in [-0.15, -0.1) is 0 Å². The topological polar surface area (TPSA) is 90.1 Å². The Morgan fingerprint density at radius 2 is 1.94 bits per heavy atom. The molecular weight excluding hydrogens is 474 g/mol. The summed E-state index contributed by atoms with van der Waals surface area (Å²) in [5.41, 5.74) is 2.65. The average molecular weight is 497 g/mol. The van der Waals surface area contributed by atoms with Gasteiger partial charge in [0.1, 0.15) is 17.2 Å². The number of nitrogens with zero attached hydrogens (tertiary/aromatic N) is 4. The van der Waals surface area contributed by atoms with Crippen LogP contribution in [0.2, 0.25) is 0 Å². The maximum absolute atomic E-state index is 13.2. The van der Waals surface area contributed by atoms with Crippen LogP contribution in [0, 0.1) is 0 Å². The summed E-state index contributed by atoms with van der Waals surface area (Å²) in [6.07, 6.45) is 3.95. The van der Waals surface area contributed by atoms with E-state index in [1.165, 1.54) is 6.07 Å². The van der Waals surface area contributed by atoms with Gasteiger partial charge in [0.25, 0.3) is 0 Å². The molecular formula is C25H22F2N4O3S. The third kappa shape index (κ3) is 3.63. The minimum absolute atomic E-state index is 0.0537. The summed E-state index contributed by atoms with van der Waals surface area (Å²) < 4.78 is 46.5. The molecule has 2 bridgehead atoms. The first-order chi connectivity index (χ1) is 16.7. The molecule has 2 aromatic heterocycles. The Kier molecular flexibility index (Phi) is 5.01. The third-order valence-electron chi connectivity index (χ3n) is 6.61. The summed E-state index contributed by atoms with van der Waals surface area (Å²) in [5.74, 6) is 1.51. The first-order valence-electron chi connectivity index (χ1n) is 11.2. The van der Waals surface area contributed by atoms with Crippen molar-refractivity contribution in [2.45, 2.75) is 49.3 Å². The second-order valence-corrected chi connectivity index (χ2v) is 10.9. The maximum Gasteiger partial charge on any atom is 0.387 e. The molecule has 35 heavy (non-hydrogen) atoms. The van der Waals surface area contributed by atoms with Crippen LogP contribution in [-0.4, -0.2) is 41.2 Å². The number of hydrogen-bond acceptors (Lipinski definition) is 6. The van der Waals surface area contributed by atoms with Gasteiger partial charge in [-0.3, -0.25) is 4.21 Å². The van der Waals surface area contributed by atoms with E-state index in [1.807, 2.05) is 18.2 Å². The zero-order valence-electron chi connectivity index (χ0n) is 19.0. The largest absolute Gasteiger partial charge is 0.434 e. The molecule has 3 atom stereocenters. The van der Waals surface area contributed by atoms with Crippen molar-refractivity contribution in [1.82, 2.24) is 19.5 Å². The monoisotopic (exact) mass is 496 g/mol. The van der Waals surface area contributed by atoms with Gasteiger partial charge in [0.15, 0.2) is 5.82 Å². The zero-order valence-corrected chi connectivity index (χ0v) is 19.8. The van der Waals surface area contributed by atoms with E-state index in [2.05, 4.69) is 14.5 Å².